The van der Waals surface area contributed by atoms with Crippen molar-refractivity contribution < 1.29 is 24.2 Å². The summed E-state index contributed by atoms with van der Waals surface area (Å²) in [4.78, 5) is 22.9. The third-order valence-corrected chi connectivity index (χ3v) is 3.70. The first-order valence-corrected chi connectivity index (χ1v) is 8.77. The molecule has 28 heavy (non-hydrogen) atoms. The molecule has 0 aliphatic heterocycles. The van der Waals surface area contributed by atoms with E-state index in [2.05, 4.69) is 16.0 Å². The molecule has 0 saturated carbocycles. The third-order valence-electron chi connectivity index (χ3n) is 3.70. The van der Waals surface area contributed by atoms with Crippen LogP contribution in [0.3, 0.4) is 0 Å². The second kappa shape index (κ2) is 10.9. The van der Waals surface area contributed by atoms with Crippen LogP contribution in [0.25, 0.3) is 0 Å². The van der Waals surface area contributed by atoms with Crippen LogP contribution in [-0.4, -0.2) is 43.4 Å². The van der Waals surface area contributed by atoms with E-state index in [4.69, 9.17) is 9.47 Å². The lowest BCUT2D eigenvalue weighted by atomic mass is 10.2. The van der Waals surface area contributed by atoms with E-state index in [1.807, 2.05) is 24.3 Å². The summed E-state index contributed by atoms with van der Waals surface area (Å²) in [5.74, 6) is 0.602. The van der Waals surface area contributed by atoms with Gasteiger partial charge in [-0.05, 0) is 42.0 Å². The fraction of sp³-hybridized carbons (Fsp3) is 0.300. The van der Waals surface area contributed by atoms with Crippen LogP contribution < -0.4 is 20.7 Å². The number of hydrogen-bond acceptors (Lipinski definition) is 5. The van der Waals surface area contributed by atoms with Crippen molar-refractivity contribution >= 4 is 23.3 Å². The summed E-state index contributed by atoms with van der Waals surface area (Å²) in [6.07, 6.45) is -0.828. The lowest BCUT2D eigenvalue weighted by molar-refractivity contribution is -0.114. The maximum Gasteiger partial charge on any atom is 0.319 e. The molecule has 1 atom stereocenters. The van der Waals surface area contributed by atoms with E-state index in [1.165, 1.54) is 6.92 Å². The molecule has 2 rings (SSSR count). The van der Waals surface area contributed by atoms with Crippen LogP contribution in [0.4, 0.5) is 16.2 Å². The molecule has 2 aromatic carbocycles. The molecule has 0 spiro atoms. The van der Waals surface area contributed by atoms with E-state index in [0.717, 1.165) is 11.3 Å². The molecule has 0 aliphatic carbocycles. The highest BCUT2D eigenvalue weighted by Gasteiger charge is 2.08. The van der Waals surface area contributed by atoms with Gasteiger partial charge in [0.1, 0.15) is 5.75 Å². The summed E-state index contributed by atoms with van der Waals surface area (Å²) < 4.78 is 10.5. The van der Waals surface area contributed by atoms with Gasteiger partial charge >= 0.3 is 6.03 Å². The molecule has 0 radical (unpaired) electrons. The first-order chi connectivity index (χ1) is 13.5. The number of rotatable bonds is 9. The number of methoxy groups -OCH3 is 1. The standard InChI is InChI=1S/C20H25N3O5/c1-14(24)22-16-5-7-17(8-6-16)23-20(26)21-11-18(25)13-28-12-15-3-9-19(27-2)10-4-15/h3-10,18,25H,11-13H2,1-2H3,(H,22,24)(H2,21,23,26). The Labute approximate surface area is 163 Å². The second-order valence-electron chi connectivity index (χ2n) is 6.11. The zero-order valence-corrected chi connectivity index (χ0v) is 15.9. The SMILES string of the molecule is COc1ccc(COCC(O)CNC(=O)Nc2ccc(NC(C)=O)cc2)cc1. The number of aliphatic hydroxyl groups is 1. The smallest absolute Gasteiger partial charge is 0.319 e. The summed E-state index contributed by atoms with van der Waals surface area (Å²) in [7, 11) is 1.60. The van der Waals surface area contributed by atoms with Crippen molar-refractivity contribution in [2.45, 2.75) is 19.6 Å². The Morgan fingerprint density at radius 3 is 2.18 bits per heavy atom. The van der Waals surface area contributed by atoms with Crippen LogP contribution >= 0.6 is 0 Å². The van der Waals surface area contributed by atoms with Gasteiger partial charge in [-0.3, -0.25) is 4.79 Å². The Kier molecular flexibility index (Phi) is 8.26. The lowest BCUT2D eigenvalue weighted by Crippen LogP contribution is -2.37. The van der Waals surface area contributed by atoms with Crippen LogP contribution in [0.2, 0.25) is 0 Å². The zero-order chi connectivity index (χ0) is 20.4. The quantitative estimate of drug-likeness (QED) is 0.528. The lowest BCUT2D eigenvalue weighted by Gasteiger charge is -2.13. The number of anilines is 2. The molecule has 0 heterocycles. The molecule has 0 aliphatic rings. The van der Waals surface area contributed by atoms with Gasteiger partial charge in [0.25, 0.3) is 0 Å². The Morgan fingerprint density at radius 1 is 1.00 bits per heavy atom. The van der Waals surface area contributed by atoms with E-state index in [0.29, 0.717) is 18.0 Å². The van der Waals surface area contributed by atoms with Gasteiger partial charge in [0.15, 0.2) is 0 Å². The Balaban J connectivity index is 1.65. The fourth-order valence-corrected chi connectivity index (χ4v) is 2.32. The van der Waals surface area contributed by atoms with Crippen LogP contribution in [0.15, 0.2) is 48.5 Å². The van der Waals surface area contributed by atoms with E-state index in [-0.39, 0.29) is 19.1 Å². The van der Waals surface area contributed by atoms with Crippen molar-refractivity contribution in [1.29, 1.82) is 0 Å². The average molecular weight is 387 g/mol. The van der Waals surface area contributed by atoms with Gasteiger partial charge in [-0.15, -0.1) is 0 Å². The number of carbonyl (C=O) groups is 2. The molecule has 4 N–H and O–H groups in total. The van der Waals surface area contributed by atoms with Crippen molar-refractivity contribution in [2.75, 3.05) is 30.9 Å². The summed E-state index contributed by atoms with van der Waals surface area (Å²) in [5.41, 5.74) is 2.17. The minimum absolute atomic E-state index is 0.0540. The molecule has 0 bridgehead atoms. The molecule has 0 fully saturated rings. The van der Waals surface area contributed by atoms with E-state index < -0.39 is 12.1 Å². The van der Waals surface area contributed by atoms with Gasteiger partial charge in [-0.25, -0.2) is 4.79 Å². The predicted molar refractivity (Wildman–Crippen MR) is 106 cm³/mol. The molecule has 0 saturated heterocycles. The van der Waals surface area contributed by atoms with E-state index >= 15 is 0 Å². The van der Waals surface area contributed by atoms with Crippen molar-refractivity contribution in [3.05, 3.63) is 54.1 Å². The Hall–Kier alpha value is -3.10. The number of aliphatic hydroxyl groups excluding tert-OH is 1. The van der Waals surface area contributed by atoms with E-state index in [9.17, 15) is 14.7 Å². The molecule has 150 valence electrons. The summed E-state index contributed by atoms with van der Waals surface area (Å²) in [6, 6.07) is 13.7. The van der Waals surface area contributed by atoms with Crippen molar-refractivity contribution in [3.8, 4) is 5.75 Å². The first-order valence-electron chi connectivity index (χ1n) is 8.77. The van der Waals surface area contributed by atoms with Crippen LogP contribution in [0.1, 0.15) is 12.5 Å². The molecule has 8 nitrogen and oxygen atoms in total. The van der Waals surface area contributed by atoms with Gasteiger partial charge < -0.3 is 30.5 Å². The number of amides is 3. The molecular formula is C20H25N3O5. The molecule has 3 amide bonds. The first kappa shape index (κ1) is 21.2. The normalized spacial score (nSPS) is 11.4. The molecule has 8 heteroatoms. The largest absolute Gasteiger partial charge is 0.497 e. The zero-order valence-electron chi connectivity index (χ0n) is 15.9. The van der Waals surface area contributed by atoms with Crippen LogP contribution in [0.5, 0.6) is 5.75 Å². The fourth-order valence-electron chi connectivity index (χ4n) is 2.32. The van der Waals surface area contributed by atoms with Gasteiger partial charge in [-0.1, -0.05) is 12.1 Å². The average Bonchev–Trinajstić information content (AvgIpc) is 2.68. The number of urea groups is 1. The number of benzene rings is 2. The van der Waals surface area contributed by atoms with Gasteiger partial charge in [0, 0.05) is 24.8 Å². The monoisotopic (exact) mass is 387 g/mol. The van der Waals surface area contributed by atoms with Crippen molar-refractivity contribution in [1.82, 2.24) is 5.32 Å². The van der Waals surface area contributed by atoms with Crippen LogP contribution in [0, 0.1) is 0 Å². The molecule has 2 aromatic rings. The highest BCUT2D eigenvalue weighted by atomic mass is 16.5. The van der Waals surface area contributed by atoms with Gasteiger partial charge in [0.05, 0.1) is 26.4 Å². The molecule has 0 aromatic heterocycles. The maximum absolute atomic E-state index is 11.9. The Bertz CT molecular complexity index is 762. The topological polar surface area (TPSA) is 109 Å². The summed E-state index contributed by atoms with van der Waals surface area (Å²) in [6.45, 7) is 1.93. The molecule has 1 unspecified atom stereocenters. The Morgan fingerprint density at radius 2 is 1.61 bits per heavy atom. The minimum atomic E-state index is -0.828. The number of nitrogens with one attached hydrogen (secondary N) is 3. The third kappa shape index (κ3) is 7.65. The van der Waals surface area contributed by atoms with Crippen LogP contribution in [-0.2, 0) is 16.1 Å². The van der Waals surface area contributed by atoms with E-state index in [1.54, 1.807) is 31.4 Å². The van der Waals surface area contributed by atoms with Crippen molar-refractivity contribution in [2.24, 2.45) is 0 Å². The second-order valence-corrected chi connectivity index (χ2v) is 6.11. The predicted octanol–water partition coefficient (Wildman–Crippen LogP) is 2.35. The summed E-state index contributed by atoms with van der Waals surface area (Å²) in [5, 5.41) is 17.8. The minimum Gasteiger partial charge on any atom is -0.497 e. The number of hydrogen-bond donors (Lipinski definition) is 4. The maximum atomic E-state index is 11.9. The number of carbonyl (C=O) groups excluding carboxylic acids is 2. The number of ether oxygens (including phenoxy) is 2. The highest BCUT2D eigenvalue weighted by Crippen LogP contribution is 2.13. The summed E-state index contributed by atoms with van der Waals surface area (Å²) >= 11 is 0. The van der Waals surface area contributed by atoms with Gasteiger partial charge in [-0.2, -0.15) is 0 Å². The highest BCUT2D eigenvalue weighted by molar-refractivity contribution is 5.91. The molecular weight excluding hydrogens is 362 g/mol. The van der Waals surface area contributed by atoms with Gasteiger partial charge in [0.2, 0.25) is 5.91 Å². The van der Waals surface area contributed by atoms with Crippen molar-refractivity contribution in [3.63, 3.8) is 0 Å².